The van der Waals surface area contributed by atoms with Gasteiger partial charge in [-0.05, 0) is 67.6 Å². The predicted molar refractivity (Wildman–Crippen MR) is 146 cm³/mol. The van der Waals surface area contributed by atoms with Crippen LogP contribution in [0, 0.1) is 6.92 Å². The van der Waals surface area contributed by atoms with E-state index in [0.717, 1.165) is 55.2 Å². The Kier molecular flexibility index (Phi) is 7.49. The van der Waals surface area contributed by atoms with Gasteiger partial charge >= 0.3 is 0 Å². The van der Waals surface area contributed by atoms with Gasteiger partial charge in [-0.3, -0.25) is 19.6 Å². The Morgan fingerprint density at radius 2 is 1.68 bits per heavy atom. The van der Waals surface area contributed by atoms with Crippen LogP contribution in [0.1, 0.15) is 21.5 Å². The molecule has 1 N–H and O–H groups in total. The van der Waals surface area contributed by atoms with Gasteiger partial charge in [0.15, 0.2) is 0 Å². The van der Waals surface area contributed by atoms with E-state index >= 15 is 0 Å². The summed E-state index contributed by atoms with van der Waals surface area (Å²) in [5, 5.41) is 3.08. The molecule has 3 heterocycles. The number of nitrogens with one attached hydrogen (secondary N) is 1. The largest absolute Gasteiger partial charge is 0.322 e. The topological polar surface area (TPSA) is 77.5 Å². The highest BCUT2D eigenvalue weighted by atomic mass is 16.1. The van der Waals surface area contributed by atoms with Crippen LogP contribution in [0.25, 0.3) is 0 Å². The van der Waals surface area contributed by atoms with Crippen LogP contribution >= 0.6 is 0 Å². The summed E-state index contributed by atoms with van der Waals surface area (Å²) in [6.45, 7) is 7.10. The number of carbonyl (C=O) groups excluding carboxylic acids is 1. The molecule has 0 aliphatic carbocycles. The van der Waals surface area contributed by atoms with Gasteiger partial charge in [0.25, 0.3) is 5.91 Å². The number of amides is 1. The van der Waals surface area contributed by atoms with Crippen LogP contribution in [-0.2, 0) is 6.54 Å². The van der Waals surface area contributed by atoms with E-state index in [1.807, 2.05) is 60.4 Å². The maximum Gasteiger partial charge on any atom is 0.255 e. The molecule has 188 valence electrons. The second-order valence-electron chi connectivity index (χ2n) is 9.32. The van der Waals surface area contributed by atoms with Crippen molar-refractivity contribution < 1.29 is 4.79 Å². The molecule has 5 rings (SSSR count). The molecule has 37 heavy (non-hydrogen) atoms. The number of aromatic nitrogens is 3. The molecule has 0 unspecified atom stereocenters. The van der Waals surface area contributed by atoms with Crippen molar-refractivity contribution in [3.63, 3.8) is 0 Å². The van der Waals surface area contributed by atoms with E-state index in [0.29, 0.717) is 17.2 Å². The average molecular weight is 494 g/mol. The molecule has 1 fully saturated rings. The van der Waals surface area contributed by atoms with E-state index < -0.39 is 0 Å². The van der Waals surface area contributed by atoms with Crippen molar-refractivity contribution in [2.75, 3.05) is 43.4 Å². The van der Waals surface area contributed by atoms with Crippen molar-refractivity contribution in [2.24, 2.45) is 0 Å². The second kappa shape index (κ2) is 11.3. The highest BCUT2D eigenvalue weighted by Gasteiger charge is 2.19. The van der Waals surface area contributed by atoms with Gasteiger partial charge in [-0.2, -0.15) is 0 Å². The number of aryl methyl sites for hydroxylation is 1. The lowest BCUT2D eigenvalue weighted by Gasteiger charge is -2.32. The first-order valence-corrected chi connectivity index (χ1v) is 12.5. The van der Waals surface area contributed by atoms with Gasteiger partial charge in [-0.1, -0.05) is 18.2 Å². The first-order chi connectivity index (χ1) is 18.1. The molecule has 1 amide bonds. The van der Waals surface area contributed by atoms with Crippen LogP contribution in [0.3, 0.4) is 0 Å². The number of rotatable bonds is 7. The molecule has 2 aromatic carbocycles. The van der Waals surface area contributed by atoms with Crippen molar-refractivity contribution in [3.05, 3.63) is 102 Å². The lowest BCUT2D eigenvalue weighted by molar-refractivity contribution is 0.102. The second-order valence-corrected chi connectivity index (χ2v) is 9.32. The molecule has 0 radical (unpaired) electrons. The van der Waals surface area contributed by atoms with Crippen LogP contribution in [0.2, 0.25) is 0 Å². The molecule has 8 heteroatoms. The normalized spacial score (nSPS) is 14.3. The Bertz CT molecular complexity index is 1300. The molecule has 0 atom stereocenters. The van der Waals surface area contributed by atoms with Gasteiger partial charge in [0.1, 0.15) is 0 Å². The summed E-state index contributed by atoms with van der Waals surface area (Å²) >= 11 is 0. The molecule has 8 nitrogen and oxygen atoms in total. The number of nitrogens with zero attached hydrogens (tertiary/aromatic N) is 6. The minimum absolute atomic E-state index is 0.138. The molecule has 1 saturated heterocycles. The summed E-state index contributed by atoms with van der Waals surface area (Å²) in [6, 6.07) is 19.4. The van der Waals surface area contributed by atoms with E-state index in [1.165, 1.54) is 0 Å². The number of hydrogen-bond donors (Lipinski definition) is 1. The smallest absolute Gasteiger partial charge is 0.255 e. The minimum atomic E-state index is -0.138. The summed E-state index contributed by atoms with van der Waals surface area (Å²) in [7, 11) is 2.15. The maximum atomic E-state index is 13.2. The molecule has 4 aromatic rings. The summed E-state index contributed by atoms with van der Waals surface area (Å²) < 4.78 is 0. The summed E-state index contributed by atoms with van der Waals surface area (Å²) in [4.78, 5) is 33.1. The number of pyridine rings is 1. The van der Waals surface area contributed by atoms with E-state index in [9.17, 15) is 4.79 Å². The van der Waals surface area contributed by atoms with Crippen LogP contribution < -0.4 is 10.2 Å². The fourth-order valence-corrected chi connectivity index (χ4v) is 4.47. The molecule has 1 aliphatic heterocycles. The van der Waals surface area contributed by atoms with Gasteiger partial charge in [0.05, 0.1) is 11.4 Å². The Hall–Kier alpha value is -4.14. The summed E-state index contributed by atoms with van der Waals surface area (Å²) in [5.41, 5.74) is 5.27. The van der Waals surface area contributed by atoms with E-state index in [-0.39, 0.29) is 5.91 Å². The number of piperazine rings is 1. The lowest BCUT2D eigenvalue weighted by atomic mass is 10.1. The molecular formula is C29H31N7O. The van der Waals surface area contributed by atoms with Crippen molar-refractivity contribution in [3.8, 4) is 0 Å². The zero-order valence-electron chi connectivity index (χ0n) is 21.2. The Morgan fingerprint density at radius 3 is 2.43 bits per heavy atom. The highest BCUT2D eigenvalue weighted by molar-refractivity contribution is 6.04. The Labute approximate surface area is 217 Å². The number of benzene rings is 2. The van der Waals surface area contributed by atoms with Gasteiger partial charge in [-0.15, -0.1) is 0 Å². The molecule has 0 spiro atoms. The minimum Gasteiger partial charge on any atom is -0.322 e. The van der Waals surface area contributed by atoms with E-state index in [4.69, 9.17) is 0 Å². The van der Waals surface area contributed by atoms with Crippen molar-refractivity contribution in [1.82, 2.24) is 24.8 Å². The van der Waals surface area contributed by atoms with Crippen LogP contribution in [0.15, 0.2) is 85.5 Å². The quantitative estimate of drug-likeness (QED) is 0.402. The first-order valence-electron chi connectivity index (χ1n) is 12.5. The van der Waals surface area contributed by atoms with Crippen LogP contribution in [0.4, 0.5) is 23.0 Å². The van der Waals surface area contributed by atoms with Gasteiger partial charge in [0.2, 0.25) is 5.95 Å². The highest BCUT2D eigenvalue weighted by Crippen LogP contribution is 2.35. The standard InChI is InChI=1S/C29H31N7O/c1-22-7-8-25(20-27(22)36(26-9-13-30-14-10-26)29-31-11-4-12-32-29)33-28(37)24-6-3-5-23(19-24)21-35-17-15-34(2)16-18-35/h3-14,19-20H,15-18,21H2,1-2H3,(H,33,37). The number of likely N-dealkylation sites (N-methyl/N-ethyl adjacent to an activating group) is 1. The number of hydrogen-bond acceptors (Lipinski definition) is 7. The van der Waals surface area contributed by atoms with E-state index in [1.54, 1.807) is 30.9 Å². The number of carbonyl (C=O) groups is 1. The Morgan fingerprint density at radius 1 is 0.919 bits per heavy atom. The van der Waals surface area contributed by atoms with Gasteiger partial charge < -0.3 is 10.2 Å². The summed E-state index contributed by atoms with van der Waals surface area (Å²) in [5.74, 6) is 0.401. The average Bonchev–Trinajstić information content (AvgIpc) is 2.93. The maximum absolute atomic E-state index is 13.2. The predicted octanol–water partition coefficient (Wildman–Crippen LogP) is 4.65. The monoisotopic (exact) mass is 493 g/mol. The third-order valence-corrected chi connectivity index (χ3v) is 6.57. The van der Waals surface area contributed by atoms with Gasteiger partial charge in [-0.25, -0.2) is 9.97 Å². The van der Waals surface area contributed by atoms with Crippen molar-refractivity contribution >= 4 is 28.9 Å². The van der Waals surface area contributed by atoms with Gasteiger partial charge in [0, 0.05) is 68.8 Å². The zero-order valence-corrected chi connectivity index (χ0v) is 21.2. The molecule has 0 saturated carbocycles. The zero-order chi connectivity index (χ0) is 25.6. The summed E-state index contributed by atoms with van der Waals surface area (Å²) in [6.07, 6.45) is 6.90. The van der Waals surface area contributed by atoms with E-state index in [2.05, 4.69) is 43.2 Å². The fraction of sp³-hybridized carbons (Fsp3) is 0.241. The molecule has 2 aromatic heterocycles. The SMILES string of the molecule is Cc1ccc(NC(=O)c2cccc(CN3CCN(C)CC3)c2)cc1N(c1ccncc1)c1ncccn1. The molecule has 1 aliphatic rings. The Balaban J connectivity index is 1.37. The van der Waals surface area contributed by atoms with Crippen LogP contribution in [0.5, 0.6) is 0 Å². The third-order valence-electron chi connectivity index (χ3n) is 6.57. The lowest BCUT2D eigenvalue weighted by Crippen LogP contribution is -2.43. The van der Waals surface area contributed by atoms with Crippen molar-refractivity contribution in [2.45, 2.75) is 13.5 Å². The molecule has 0 bridgehead atoms. The first kappa shape index (κ1) is 24.5. The number of anilines is 4. The third kappa shape index (κ3) is 5.99. The fourth-order valence-electron chi connectivity index (χ4n) is 4.47. The van der Waals surface area contributed by atoms with Crippen LogP contribution in [-0.4, -0.2) is 63.9 Å². The molecular weight excluding hydrogens is 462 g/mol. The van der Waals surface area contributed by atoms with Crippen molar-refractivity contribution in [1.29, 1.82) is 0 Å².